The predicted molar refractivity (Wildman–Crippen MR) is 102 cm³/mol. The summed E-state index contributed by atoms with van der Waals surface area (Å²) < 4.78 is 39.4. The number of methoxy groups -OCH3 is 4. The molecule has 1 unspecified atom stereocenters. The Labute approximate surface area is 164 Å². The Morgan fingerprint density at radius 2 is 1.64 bits per heavy atom. The molecule has 0 aliphatic rings. The Morgan fingerprint density at radius 3 is 2.25 bits per heavy atom. The number of ether oxygens (including phenoxy) is 4. The molecule has 1 aromatic heterocycles. The van der Waals surface area contributed by atoms with E-state index < -0.39 is 10.8 Å². The first-order chi connectivity index (χ1) is 13.6. The lowest BCUT2D eigenvalue weighted by Gasteiger charge is -2.12. The smallest absolute Gasteiger partial charge is 0.308 e. The molecule has 0 bridgehead atoms. The van der Waals surface area contributed by atoms with Crippen LogP contribution < -0.4 is 18.9 Å². The summed E-state index contributed by atoms with van der Waals surface area (Å²) in [7, 11) is 4.64. The molecule has 0 aliphatic carbocycles. The molecular formula is C19H20N2O6S. The van der Waals surface area contributed by atoms with Crippen molar-refractivity contribution < 1.29 is 27.6 Å². The van der Waals surface area contributed by atoms with Gasteiger partial charge in [-0.25, -0.2) is 4.21 Å². The average molecular weight is 404 g/mol. The summed E-state index contributed by atoms with van der Waals surface area (Å²) in [6.45, 7) is 0. The molecule has 3 aromatic rings. The summed E-state index contributed by atoms with van der Waals surface area (Å²) in [6.07, 6.45) is 0. The molecule has 0 amide bonds. The molecule has 9 heteroatoms. The summed E-state index contributed by atoms with van der Waals surface area (Å²) in [5, 5.41) is 7.96. The molecule has 0 fully saturated rings. The second-order valence-corrected chi connectivity index (χ2v) is 6.96. The van der Waals surface area contributed by atoms with Crippen molar-refractivity contribution in [3.8, 4) is 34.5 Å². The van der Waals surface area contributed by atoms with Crippen molar-refractivity contribution >= 4 is 10.8 Å². The zero-order valence-corrected chi connectivity index (χ0v) is 16.7. The predicted octanol–water partition coefficient (Wildman–Crippen LogP) is 3.08. The highest BCUT2D eigenvalue weighted by molar-refractivity contribution is 7.84. The van der Waals surface area contributed by atoms with Crippen molar-refractivity contribution in [2.75, 3.05) is 28.4 Å². The first-order valence-corrected chi connectivity index (χ1v) is 9.56. The second-order valence-electron chi connectivity index (χ2n) is 5.63. The number of hydrogen-bond acceptors (Lipinski definition) is 8. The van der Waals surface area contributed by atoms with Gasteiger partial charge >= 0.3 is 5.22 Å². The standard InChI is InChI=1S/C19H20N2O6S/c1-23-14-7-5-6-12(8-14)11-28(22)19-21-20-18(27-19)13-9-15(24-2)17(26-4)16(10-13)25-3/h5-10H,11H2,1-4H3. The van der Waals surface area contributed by atoms with Crippen molar-refractivity contribution in [1.82, 2.24) is 10.2 Å². The topological polar surface area (TPSA) is 92.9 Å². The van der Waals surface area contributed by atoms with E-state index in [1.807, 2.05) is 24.3 Å². The summed E-state index contributed by atoms with van der Waals surface area (Å²) in [6, 6.07) is 10.7. The van der Waals surface area contributed by atoms with Crippen LogP contribution in [0.2, 0.25) is 0 Å². The van der Waals surface area contributed by atoms with Gasteiger partial charge in [0, 0.05) is 5.56 Å². The molecular weight excluding hydrogens is 384 g/mol. The van der Waals surface area contributed by atoms with Crippen LogP contribution in [-0.4, -0.2) is 42.8 Å². The molecule has 0 radical (unpaired) electrons. The maximum atomic E-state index is 12.6. The lowest BCUT2D eigenvalue weighted by atomic mass is 10.2. The third kappa shape index (κ3) is 4.09. The molecule has 1 atom stereocenters. The van der Waals surface area contributed by atoms with E-state index in [0.29, 0.717) is 28.6 Å². The molecule has 0 N–H and O–H groups in total. The zero-order valence-electron chi connectivity index (χ0n) is 15.9. The van der Waals surface area contributed by atoms with Crippen LogP contribution in [0.4, 0.5) is 0 Å². The average Bonchev–Trinajstić information content (AvgIpc) is 3.23. The maximum Gasteiger partial charge on any atom is 0.308 e. The van der Waals surface area contributed by atoms with Gasteiger partial charge < -0.3 is 23.4 Å². The Morgan fingerprint density at radius 1 is 0.929 bits per heavy atom. The molecule has 2 aromatic carbocycles. The lowest BCUT2D eigenvalue weighted by molar-refractivity contribution is 0.324. The van der Waals surface area contributed by atoms with E-state index in [9.17, 15) is 4.21 Å². The van der Waals surface area contributed by atoms with E-state index in [-0.39, 0.29) is 16.9 Å². The fourth-order valence-corrected chi connectivity index (χ4v) is 3.51. The Bertz CT molecular complexity index is 963. The van der Waals surface area contributed by atoms with E-state index in [2.05, 4.69) is 10.2 Å². The first kappa shape index (κ1) is 19.7. The second kappa shape index (κ2) is 8.75. The monoisotopic (exact) mass is 404 g/mol. The Hall–Kier alpha value is -3.07. The largest absolute Gasteiger partial charge is 0.497 e. The Kier molecular flexibility index (Phi) is 6.15. The van der Waals surface area contributed by atoms with E-state index in [1.165, 1.54) is 21.3 Å². The van der Waals surface area contributed by atoms with Gasteiger partial charge in [0.15, 0.2) is 11.5 Å². The zero-order chi connectivity index (χ0) is 20.1. The van der Waals surface area contributed by atoms with E-state index >= 15 is 0 Å². The van der Waals surface area contributed by atoms with Crippen molar-refractivity contribution in [3.63, 3.8) is 0 Å². The van der Waals surface area contributed by atoms with Crippen molar-refractivity contribution in [1.29, 1.82) is 0 Å². The van der Waals surface area contributed by atoms with E-state index in [0.717, 1.165) is 5.56 Å². The van der Waals surface area contributed by atoms with Crippen molar-refractivity contribution in [3.05, 3.63) is 42.0 Å². The highest BCUT2D eigenvalue weighted by atomic mass is 32.2. The van der Waals surface area contributed by atoms with Crippen molar-refractivity contribution in [2.24, 2.45) is 0 Å². The van der Waals surface area contributed by atoms with Crippen LogP contribution in [0.15, 0.2) is 46.0 Å². The summed E-state index contributed by atoms with van der Waals surface area (Å²) >= 11 is 0. The molecule has 8 nitrogen and oxygen atoms in total. The fraction of sp³-hybridized carbons (Fsp3) is 0.263. The molecule has 0 aliphatic heterocycles. The molecule has 0 spiro atoms. The van der Waals surface area contributed by atoms with Crippen LogP contribution in [0, 0.1) is 0 Å². The van der Waals surface area contributed by atoms with Crippen LogP contribution in [0.25, 0.3) is 11.5 Å². The summed E-state index contributed by atoms with van der Waals surface area (Å²) in [5.41, 5.74) is 1.40. The molecule has 0 saturated carbocycles. The minimum Gasteiger partial charge on any atom is -0.497 e. The third-order valence-electron chi connectivity index (χ3n) is 3.94. The number of aromatic nitrogens is 2. The highest BCUT2D eigenvalue weighted by Crippen LogP contribution is 2.41. The van der Waals surface area contributed by atoms with E-state index in [4.69, 9.17) is 23.4 Å². The van der Waals surface area contributed by atoms with Gasteiger partial charge in [0.2, 0.25) is 11.6 Å². The van der Waals surface area contributed by atoms with Gasteiger partial charge in [-0.15, -0.1) is 5.10 Å². The van der Waals surface area contributed by atoms with Crippen LogP contribution in [-0.2, 0) is 16.6 Å². The SMILES string of the molecule is COc1cccc(CS(=O)c2nnc(-c3cc(OC)c(OC)c(OC)c3)o2)c1. The molecule has 3 rings (SSSR count). The van der Waals surface area contributed by atoms with Crippen LogP contribution in [0.1, 0.15) is 5.56 Å². The van der Waals surface area contributed by atoms with Gasteiger partial charge in [-0.05, 0) is 29.8 Å². The third-order valence-corrected chi connectivity index (χ3v) is 5.09. The van der Waals surface area contributed by atoms with Gasteiger partial charge in [-0.3, -0.25) is 0 Å². The summed E-state index contributed by atoms with van der Waals surface area (Å²) in [5.74, 6) is 2.48. The maximum absolute atomic E-state index is 12.6. The number of benzene rings is 2. The number of hydrogen-bond donors (Lipinski definition) is 0. The molecule has 1 heterocycles. The molecule has 28 heavy (non-hydrogen) atoms. The van der Waals surface area contributed by atoms with Gasteiger partial charge in [-0.2, -0.15) is 0 Å². The fourth-order valence-electron chi connectivity index (χ4n) is 2.60. The first-order valence-electron chi connectivity index (χ1n) is 8.24. The van der Waals surface area contributed by atoms with Gasteiger partial charge in [0.25, 0.3) is 0 Å². The highest BCUT2D eigenvalue weighted by Gasteiger charge is 2.19. The quantitative estimate of drug-likeness (QED) is 0.565. The normalized spacial score (nSPS) is 11.7. The number of rotatable bonds is 8. The van der Waals surface area contributed by atoms with Crippen LogP contribution >= 0.6 is 0 Å². The lowest BCUT2D eigenvalue weighted by Crippen LogP contribution is -1.97. The Balaban J connectivity index is 1.86. The van der Waals surface area contributed by atoms with Gasteiger partial charge in [0.05, 0.1) is 34.2 Å². The molecule has 148 valence electrons. The minimum absolute atomic E-state index is 0.0339. The minimum atomic E-state index is -1.50. The van der Waals surface area contributed by atoms with Crippen molar-refractivity contribution in [2.45, 2.75) is 11.0 Å². The van der Waals surface area contributed by atoms with Gasteiger partial charge in [0.1, 0.15) is 16.5 Å². The summed E-state index contributed by atoms with van der Waals surface area (Å²) in [4.78, 5) is 0. The molecule has 0 saturated heterocycles. The van der Waals surface area contributed by atoms with E-state index in [1.54, 1.807) is 19.2 Å². The van der Waals surface area contributed by atoms with Crippen LogP contribution in [0.5, 0.6) is 23.0 Å². The van der Waals surface area contributed by atoms with Crippen LogP contribution in [0.3, 0.4) is 0 Å². The van der Waals surface area contributed by atoms with Gasteiger partial charge in [-0.1, -0.05) is 17.2 Å². The number of nitrogens with zero attached hydrogens (tertiary/aromatic N) is 2.